The SMILES string of the molecule is Cc1noc(COc2cc(F)cc(/C=C/C(=O)O)c2)n1. The maximum atomic E-state index is 13.4. The third-order valence-electron chi connectivity index (χ3n) is 2.24. The van der Waals surface area contributed by atoms with E-state index in [0.29, 0.717) is 11.4 Å². The molecule has 0 aliphatic rings. The van der Waals surface area contributed by atoms with Gasteiger partial charge in [0.05, 0.1) is 0 Å². The highest BCUT2D eigenvalue weighted by Crippen LogP contribution is 2.18. The van der Waals surface area contributed by atoms with Crippen molar-refractivity contribution >= 4 is 12.0 Å². The molecule has 0 saturated carbocycles. The Balaban J connectivity index is 2.09. The molecule has 2 aromatic rings. The van der Waals surface area contributed by atoms with E-state index in [1.165, 1.54) is 24.3 Å². The Hall–Kier alpha value is -2.70. The summed E-state index contributed by atoms with van der Waals surface area (Å²) in [6, 6.07) is 3.89. The van der Waals surface area contributed by atoms with E-state index in [1.807, 2.05) is 0 Å². The van der Waals surface area contributed by atoms with Crippen molar-refractivity contribution in [2.75, 3.05) is 0 Å². The van der Waals surface area contributed by atoms with Crippen LogP contribution < -0.4 is 4.74 Å². The predicted molar refractivity (Wildman–Crippen MR) is 66.4 cm³/mol. The minimum Gasteiger partial charge on any atom is -0.484 e. The van der Waals surface area contributed by atoms with E-state index in [2.05, 4.69) is 10.1 Å². The van der Waals surface area contributed by atoms with Gasteiger partial charge in [0.25, 0.3) is 5.89 Å². The average Bonchev–Trinajstić information content (AvgIpc) is 2.79. The Kier molecular flexibility index (Phi) is 4.09. The maximum Gasteiger partial charge on any atom is 0.328 e. The van der Waals surface area contributed by atoms with Crippen LogP contribution in [0.15, 0.2) is 28.8 Å². The van der Waals surface area contributed by atoms with Crippen LogP contribution in [0, 0.1) is 12.7 Å². The highest BCUT2D eigenvalue weighted by atomic mass is 19.1. The van der Waals surface area contributed by atoms with Crippen molar-refractivity contribution in [2.24, 2.45) is 0 Å². The smallest absolute Gasteiger partial charge is 0.328 e. The molecule has 1 aromatic carbocycles. The summed E-state index contributed by atoms with van der Waals surface area (Å²) < 4.78 is 23.5. The molecular weight excluding hydrogens is 267 g/mol. The molecule has 0 atom stereocenters. The van der Waals surface area contributed by atoms with Crippen molar-refractivity contribution in [1.82, 2.24) is 10.1 Å². The molecule has 0 amide bonds. The number of benzene rings is 1. The summed E-state index contributed by atoms with van der Waals surface area (Å²) in [5.41, 5.74) is 0.379. The number of aliphatic carboxylic acids is 1. The van der Waals surface area contributed by atoms with Crippen LogP contribution >= 0.6 is 0 Å². The van der Waals surface area contributed by atoms with Crippen molar-refractivity contribution in [3.63, 3.8) is 0 Å². The first-order valence-electron chi connectivity index (χ1n) is 5.66. The van der Waals surface area contributed by atoms with Crippen LogP contribution in [0.25, 0.3) is 6.08 Å². The fourth-order valence-electron chi connectivity index (χ4n) is 1.48. The second-order valence-electron chi connectivity index (χ2n) is 3.92. The Bertz CT molecular complexity index is 652. The van der Waals surface area contributed by atoms with E-state index in [0.717, 1.165) is 6.08 Å². The van der Waals surface area contributed by atoms with Gasteiger partial charge in [-0.15, -0.1) is 0 Å². The molecule has 1 N–H and O–H groups in total. The number of aryl methyl sites for hydroxylation is 1. The van der Waals surface area contributed by atoms with Crippen molar-refractivity contribution < 1.29 is 23.6 Å². The van der Waals surface area contributed by atoms with Gasteiger partial charge in [-0.05, 0) is 30.7 Å². The van der Waals surface area contributed by atoms with Gasteiger partial charge in [0.1, 0.15) is 11.6 Å². The molecule has 20 heavy (non-hydrogen) atoms. The number of carboxylic acids is 1. The van der Waals surface area contributed by atoms with Gasteiger partial charge in [0.15, 0.2) is 12.4 Å². The Labute approximate surface area is 113 Å². The topological polar surface area (TPSA) is 85.5 Å². The molecule has 1 heterocycles. The quantitative estimate of drug-likeness (QED) is 0.844. The summed E-state index contributed by atoms with van der Waals surface area (Å²) in [5, 5.41) is 12.1. The maximum absolute atomic E-state index is 13.4. The monoisotopic (exact) mass is 278 g/mol. The lowest BCUT2D eigenvalue weighted by Gasteiger charge is -2.04. The lowest BCUT2D eigenvalue weighted by Crippen LogP contribution is -1.97. The van der Waals surface area contributed by atoms with Gasteiger partial charge in [0, 0.05) is 12.1 Å². The summed E-state index contributed by atoms with van der Waals surface area (Å²) in [6.45, 7) is 1.68. The Morgan fingerprint density at radius 2 is 2.30 bits per heavy atom. The lowest BCUT2D eigenvalue weighted by molar-refractivity contribution is -0.131. The number of nitrogens with zero attached hydrogens (tertiary/aromatic N) is 2. The predicted octanol–water partition coefficient (Wildman–Crippen LogP) is 2.19. The molecule has 6 nitrogen and oxygen atoms in total. The number of carboxylic acid groups (broad SMARTS) is 1. The van der Waals surface area contributed by atoms with Crippen LogP contribution in [0.1, 0.15) is 17.3 Å². The third kappa shape index (κ3) is 3.91. The second kappa shape index (κ2) is 5.96. The van der Waals surface area contributed by atoms with Gasteiger partial charge in [-0.3, -0.25) is 0 Å². The zero-order chi connectivity index (χ0) is 14.5. The summed E-state index contributed by atoms with van der Waals surface area (Å²) in [5.74, 6) is -0.652. The fraction of sp³-hybridized carbons (Fsp3) is 0.154. The van der Waals surface area contributed by atoms with Gasteiger partial charge in [-0.1, -0.05) is 5.16 Å². The molecule has 0 spiro atoms. The number of hydrogen-bond donors (Lipinski definition) is 1. The molecule has 2 rings (SSSR count). The van der Waals surface area contributed by atoms with Crippen LogP contribution in [0.4, 0.5) is 4.39 Å². The normalized spacial score (nSPS) is 10.9. The molecule has 0 fully saturated rings. The van der Waals surface area contributed by atoms with Crippen molar-refractivity contribution in [2.45, 2.75) is 13.5 Å². The number of rotatable bonds is 5. The molecule has 0 aliphatic carbocycles. The molecule has 104 valence electrons. The minimum absolute atomic E-state index is 0.00633. The first kappa shape index (κ1) is 13.7. The van der Waals surface area contributed by atoms with Gasteiger partial charge in [-0.2, -0.15) is 4.98 Å². The van der Waals surface area contributed by atoms with E-state index in [1.54, 1.807) is 6.92 Å². The van der Waals surface area contributed by atoms with E-state index >= 15 is 0 Å². The van der Waals surface area contributed by atoms with Crippen LogP contribution in [0.2, 0.25) is 0 Å². The lowest BCUT2D eigenvalue weighted by atomic mass is 10.2. The van der Waals surface area contributed by atoms with Crippen LogP contribution in [-0.2, 0) is 11.4 Å². The molecule has 7 heteroatoms. The molecular formula is C13H11FN2O4. The van der Waals surface area contributed by atoms with E-state index in [4.69, 9.17) is 14.4 Å². The average molecular weight is 278 g/mol. The minimum atomic E-state index is -1.11. The molecule has 0 saturated heterocycles. The first-order chi connectivity index (χ1) is 9.52. The van der Waals surface area contributed by atoms with Crippen LogP contribution in [0.5, 0.6) is 5.75 Å². The van der Waals surface area contributed by atoms with Gasteiger partial charge >= 0.3 is 5.97 Å². The van der Waals surface area contributed by atoms with E-state index in [-0.39, 0.29) is 18.2 Å². The van der Waals surface area contributed by atoms with E-state index in [9.17, 15) is 9.18 Å². The first-order valence-corrected chi connectivity index (χ1v) is 5.66. The number of halogens is 1. The molecule has 1 aromatic heterocycles. The van der Waals surface area contributed by atoms with Crippen molar-refractivity contribution in [1.29, 1.82) is 0 Å². The van der Waals surface area contributed by atoms with Crippen molar-refractivity contribution in [3.05, 3.63) is 47.4 Å². The highest BCUT2D eigenvalue weighted by Gasteiger charge is 2.05. The van der Waals surface area contributed by atoms with Gasteiger partial charge in [0.2, 0.25) is 0 Å². The van der Waals surface area contributed by atoms with Gasteiger partial charge in [-0.25, -0.2) is 9.18 Å². The highest BCUT2D eigenvalue weighted by molar-refractivity contribution is 5.85. The summed E-state index contributed by atoms with van der Waals surface area (Å²) in [4.78, 5) is 14.4. The Morgan fingerprint density at radius 1 is 1.50 bits per heavy atom. The number of hydrogen-bond acceptors (Lipinski definition) is 5. The third-order valence-corrected chi connectivity index (χ3v) is 2.24. The number of ether oxygens (including phenoxy) is 1. The van der Waals surface area contributed by atoms with E-state index < -0.39 is 11.8 Å². The zero-order valence-electron chi connectivity index (χ0n) is 10.5. The zero-order valence-corrected chi connectivity index (χ0v) is 10.5. The van der Waals surface area contributed by atoms with Crippen LogP contribution in [-0.4, -0.2) is 21.2 Å². The summed E-state index contributed by atoms with van der Waals surface area (Å²) in [6.07, 6.45) is 2.19. The second-order valence-corrected chi connectivity index (χ2v) is 3.92. The summed E-state index contributed by atoms with van der Waals surface area (Å²) in [7, 11) is 0. The summed E-state index contributed by atoms with van der Waals surface area (Å²) >= 11 is 0. The molecule has 0 aliphatic heterocycles. The molecule has 0 radical (unpaired) electrons. The number of aromatic nitrogens is 2. The van der Waals surface area contributed by atoms with Crippen LogP contribution in [0.3, 0.4) is 0 Å². The molecule has 0 bridgehead atoms. The Morgan fingerprint density at radius 3 is 2.95 bits per heavy atom. The standard InChI is InChI=1S/C13H11FN2O4/c1-8-15-12(20-16-8)7-19-11-5-9(2-3-13(17)18)4-10(14)6-11/h2-6H,7H2,1H3,(H,17,18)/b3-2+. The number of carbonyl (C=O) groups is 1. The van der Waals surface area contributed by atoms with Gasteiger partial charge < -0.3 is 14.4 Å². The largest absolute Gasteiger partial charge is 0.484 e. The molecule has 0 unspecified atom stereocenters. The fourth-order valence-corrected chi connectivity index (χ4v) is 1.48. The van der Waals surface area contributed by atoms with Crippen molar-refractivity contribution in [3.8, 4) is 5.75 Å².